The van der Waals surface area contributed by atoms with Crippen LogP contribution in [-0.4, -0.2) is 43.5 Å². The van der Waals surface area contributed by atoms with Gasteiger partial charge in [-0.15, -0.1) is 0 Å². The van der Waals surface area contributed by atoms with Crippen LogP contribution >= 0.6 is 0 Å². The van der Waals surface area contributed by atoms with E-state index in [0.717, 1.165) is 38.2 Å². The molecule has 0 aliphatic carbocycles. The van der Waals surface area contributed by atoms with E-state index >= 15 is 0 Å². The second-order valence-electron chi connectivity index (χ2n) is 5.35. The SMILES string of the molecule is CCN1CCC(N(C)c2ccc(F)cc2C(=N)N)CC1. The van der Waals surface area contributed by atoms with Crippen molar-refractivity contribution >= 4 is 11.5 Å². The number of likely N-dealkylation sites (tertiary alicyclic amines) is 1. The summed E-state index contributed by atoms with van der Waals surface area (Å²) >= 11 is 0. The van der Waals surface area contributed by atoms with Crippen molar-refractivity contribution in [3.8, 4) is 0 Å². The molecule has 1 fully saturated rings. The number of rotatable bonds is 4. The van der Waals surface area contributed by atoms with E-state index in [2.05, 4.69) is 16.7 Å². The molecule has 0 radical (unpaired) electrons. The first kappa shape index (κ1) is 14.8. The number of nitrogens with two attached hydrogens (primary N) is 1. The van der Waals surface area contributed by atoms with Gasteiger partial charge < -0.3 is 15.5 Å². The summed E-state index contributed by atoms with van der Waals surface area (Å²) in [7, 11) is 2.01. The van der Waals surface area contributed by atoms with E-state index in [4.69, 9.17) is 11.1 Å². The molecule has 110 valence electrons. The van der Waals surface area contributed by atoms with Crippen molar-refractivity contribution in [1.82, 2.24) is 4.90 Å². The molecule has 2 rings (SSSR count). The Bertz CT molecular complexity index is 481. The van der Waals surface area contributed by atoms with E-state index in [1.807, 2.05) is 7.05 Å². The van der Waals surface area contributed by atoms with E-state index < -0.39 is 0 Å². The molecule has 1 saturated heterocycles. The molecule has 0 spiro atoms. The molecule has 5 heteroatoms. The van der Waals surface area contributed by atoms with E-state index in [-0.39, 0.29) is 11.7 Å². The van der Waals surface area contributed by atoms with Gasteiger partial charge in [-0.05, 0) is 37.6 Å². The fraction of sp³-hybridized carbons (Fsp3) is 0.533. The van der Waals surface area contributed by atoms with Gasteiger partial charge in [-0.3, -0.25) is 5.41 Å². The zero-order chi connectivity index (χ0) is 14.7. The number of hydrogen-bond acceptors (Lipinski definition) is 3. The molecule has 0 amide bonds. The molecule has 0 saturated carbocycles. The molecular formula is C15H23FN4. The maximum absolute atomic E-state index is 13.3. The first-order chi connectivity index (χ1) is 9.52. The third kappa shape index (κ3) is 3.10. The van der Waals surface area contributed by atoms with Gasteiger partial charge in [-0.1, -0.05) is 6.92 Å². The normalized spacial score (nSPS) is 17.1. The summed E-state index contributed by atoms with van der Waals surface area (Å²) in [5, 5.41) is 7.62. The monoisotopic (exact) mass is 278 g/mol. The number of hydrogen-bond donors (Lipinski definition) is 2. The largest absolute Gasteiger partial charge is 0.384 e. The minimum Gasteiger partial charge on any atom is -0.384 e. The van der Waals surface area contributed by atoms with Crippen LogP contribution < -0.4 is 10.6 Å². The second-order valence-corrected chi connectivity index (χ2v) is 5.35. The predicted octanol–water partition coefficient (Wildman–Crippen LogP) is 2.03. The number of benzene rings is 1. The Morgan fingerprint density at radius 1 is 1.45 bits per heavy atom. The molecule has 4 nitrogen and oxygen atoms in total. The third-order valence-corrected chi connectivity index (χ3v) is 4.18. The van der Waals surface area contributed by atoms with Crippen molar-refractivity contribution in [2.75, 3.05) is 31.6 Å². The van der Waals surface area contributed by atoms with Crippen molar-refractivity contribution in [2.45, 2.75) is 25.8 Å². The van der Waals surface area contributed by atoms with Crippen LogP contribution in [0.3, 0.4) is 0 Å². The van der Waals surface area contributed by atoms with E-state index in [9.17, 15) is 4.39 Å². The molecule has 1 heterocycles. The fourth-order valence-corrected chi connectivity index (χ4v) is 2.85. The number of piperidine rings is 1. The third-order valence-electron chi connectivity index (χ3n) is 4.18. The van der Waals surface area contributed by atoms with E-state index in [1.54, 1.807) is 6.07 Å². The molecule has 1 aliphatic rings. The summed E-state index contributed by atoms with van der Waals surface area (Å²) in [6, 6.07) is 4.91. The average Bonchev–Trinajstić information content (AvgIpc) is 2.46. The molecule has 1 aromatic rings. The Morgan fingerprint density at radius 3 is 2.65 bits per heavy atom. The van der Waals surface area contributed by atoms with Gasteiger partial charge in [-0.25, -0.2) is 4.39 Å². The number of nitrogen functional groups attached to an aromatic ring is 1. The lowest BCUT2D eigenvalue weighted by atomic mass is 10.0. The smallest absolute Gasteiger partial charge is 0.125 e. The summed E-state index contributed by atoms with van der Waals surface area (Å²) < 4.78 is 13.3. The van der Waals surface area contributed by atoms with Crippen LogP contribution in [0.15, 0.2) is 18.2 Å². The Hall–Kier alpha value is -1.62. The lowest BCUT2D eigenvalue weighted by Crippen LogP contribution is -2.43. The molecule has 1 aliphatic heterocycles. The van der Waals surface area contributed by atoms with Gasteiger partial charge in [0, 0.05) is 37.4 Å². The first-order valence-electron chi connectivity index (χ1n) is 7.12. The lowest BCUT2D eigenvalue weighted by Gasteiger charge is -2.38. The number of nitrogens with one attached hydrogen (secondary N) is 1. The maximum Gasteiger partial charge on any atom is 0.125 e. The molecule has 0 atom stereocenters. The molecule has 0 bridgehead atoms. The summed E-state index contributed by atoms with van der Waals surface area (Å²) in [4.78, 5) is 4.57. The topological polar surface area (TPSA) is 56.4 Å². The number of nitrogens with zero attached hydrogens (tertiary/aromatic N) is 2. The van der Waals surface area contributed by atoms with Gasteiger partial charge in [0.1, 0.15) is 11.7 Å². The van der Waals surface area contributed by atoms with Gasteiger partial charge in [0.2, 0.25) is 0 Å². The van der Waals surface area contributed by atoms with Gasteiger partial charge in [0.25, 0.3) is 0 Å². The standard InChI is InChI=1S/C15H23FN4/c1-3-20-8-6-12(7-9-20)19(2)14-5-4-11(16)10-13(14)15(17)18/h4-5,10,12H,3,6-9H2,1-2H3,(H3,17,18). The number of anilines is 1. The Kier molecular flexibility index (Phi) is 4.60. The zero-order valence-electron chi connectivity index (χ0n) is 12.2. The lowest BCUT2D eigenvalue weighted by molar-refractivity contribution is 0.221. The predicted molar refractivity (Wildman–Crippen MR) is 81.0 cm³/mol. The van der Waals surface area contributed by atoms with Crippen LogP contribution in [0, 0.1) is 11.2 Å². The van der Waals surface area contributed by atoms with Crippen molar-refractivity contribution in [3.05, 3.63) is 29.6 Å². The van der Waals surface area contributed by atoms with E-state index in [1.165, 1.54) is 12.1 Å². The van der Waals surface area contributed by atoms with Gasteiger partial charge >= 0.3 is 0 Å². The van der Waals surface area contributed by atoms with Gasteiger partial charge in [0.15, 0.2) is 0 Å². The summed E-state index contributed by atoms with van der Waals surface area (Å²) in [5.74, 6) is -0.439. The van der Waals surface area contributed by atoms with Gasteiger partial charge in [0.05, 0.1) is 0 Å². The minimum atomic E-state index is -0.354. The number of amidine groups is 1. The molecule has 0 aromatic heterocycles. The van der Waals surface area contributed by atoms with Crippen LogP contribution in [0.5, 0.6) is 0 Å². The molecule has 0 unspecified atom stereocenters. The fourth-order valence-electron chi connectivity index (χ4n) is 2.85. The molecule has 1 aromatic carbocycles. The average molecular weight is 278 g/mol. The maximum atomic E-state index is 13.3. The summed E-state index contributed by atoms with van der Waals surface area (Å²) in [5.41, 5.74) is 6.89. The van der Waals surface area contributed by atoms with E-state index in [0.29, 0.717) is 11.6 Å². The highest BCUT2D eigenvalue weighted by atomic mass is 19.1. The van der Waals surface area contributed by atoms with Crippen molar-refractivity contribution < 1.29 is 4.39 Å². The van der Waals surface area contributed by atoms with Crippen molar-refractivity contribution in [2.24, 2.45) is 5.73 Å². The summed E-state index contributed by atoms with van der Waals surface area (Å²) in [6.45, 7) is 5.44. The Balaban J connectivity index is 2.17. The number of halogens is 1. The van der Waals surface area contributed by atoms with Crippen molar-refractivity contribution in [1.29, 1.82) is 5.41 Å². The van der Waals surface area contributed by atoms with Crippen LogP contribution in [-0.2, 0) is 0 Å². The molecule has 20 heavy (non-hydrogen) atoms. The highest BCUT2D eigenvalue weighted by molar-refractivity contribution is 6.00. The Labute approximate surface area is 119 Å². The highest BCUT2D eigenvalue weighted by Crippen LogP contribution is 2.26. The Morgan fingerprint density at radius 2 is 2.10 bits per heavy atom. The van der Waals surface area contributed by atoms with Crippen LogP contribution in [0.1, 0.15) is 25.3 Å². The van der Waals surface area contributed by atoms with Crippen LogP contribution in [0.2, 0.25) is 0 Å². The van der Waals surface area contributed by atoms with Gasteiger partial charge in [-0.2, -0.15) is 0 Å². The first-order valence-corrected chi connectivity index (χ1v) is 7.12. The van der Waals surface area contributed by atoms with Crippen LogP contribution in [0.4, 0.5) is 10.1 Å². The highest BCUT2D eigenvalue weighted by Gasteiger charge is 2.23. The van der Waals surface area contributed by atoms with Crippen molar-refractivity contribution in [3.63, 3.8) is 0 Å². The minimum absolute atomic E-state index is 0.0858. The second kappa shape index (κ2) is 6.22. The van der Waals surface area contributed by atoms with Crippen LogP contribution in [0.25, 0.3) is 0 Å². The molecule has 3 N–H and O–H groups in total. The molecular weight excluding hydrogens is 255 g/mol. The quantitative estimate of drug-likeness (QED) is 0.654. The summed E-state index contributed by atoms with van der Waals surface area (Å²) in [6.07, 6.45) is 2.16. The zero-order valence-corrected chi connectivity index (χ0v) is 12.2.